The number of aliphatic hydroxyl groups excluding tert-OH is 2. The third-order valence-electron chi connectivity index (χ3n) is 6.48. The van der Waals surface area contributed by atoms with Gasteiger partial charge in [-0.05, 0) is 78.3 Å². The molecule has 36 heavy (non-hydrogen) atoms. The van der Waals surface area contributed by atoms with Crippen LogP contribution in [0.25, 0.3) is 0 Å². The molecule has 0 amide bonds. The fraction of sp³-hybridized carbons (Fsp3) is 0.625. The highest BCUT2D eigenvalue weighted by molar-refractivity contribution is 5.55. The van der Waals surface area contributed by atoms with Crippen LogP contribution in [0.1, 0.15) is 126 Å². The highest BCUT2D eigenvalue weighted by atomic mass is 16.3. The minimum atomic E-state index is -0.174. The highest BCUT2D eigenvalue weighted by Gasteiger charge is 2.31. The molecule has 0 bridgehead atoms. The van der Waals surface area contributed by atoms with E-state index in [-0.39, 0.29) is 30.0 Å². The molecule has 4 heteroatoms. The number of phenols is 2. The lowest BCUT2D eigenvalue weighted by Crippen LogP contribution is -2.21. The van der Waals surface area contributed by atoms with Crippen LogP contribution in [0.5, 0.6) is 11.5 Å². The monoisotopic (exact) mass is 500 g/mol. The number of rotatable bonds is 9. The number of phenolic OH excluding ortho intramolecular Hbond substituents is 2. The Morgan fingerprint density at radius 3 is 1.28 bits per heavy atom. The van der Waals surface area contributed by atoms with Crippen molar-refractivity contribution in [2.45, 2.75) is 118 Å². The topological polar surface area (TPSA) is 80.9 Å². The summed E-state index contributed by atoms with van der Waals surface area (Å²) in [6.45, 7) is 19.8. The van der Waals surface area contributed by atoms with Gasteiger partial charge in [-0.25, -0.2) is 0 Å². The van der Waals surface area contributed by atoms with Crippen molar-refractivity contribution in [3.8, 4) is 11.5 Å². The third-order valence-corrected chi connectivity index (χ3v) is 6.48. The van der Waals surface area contributed by atoms with E-state index in [1.54, 1.807) is 0 Å². The van der Waals surface area contributed by atoms with E-state index in [0.717, 1.165) is 60.8 Å². The first-order valence-corrected chi connectivity index (χ1v) is 13.6. The standard InChI is InChI=1S/C26H38O2.C6H14O2/c1-10-11-18(19-12-16(2)14-21(27)23(19)25(4,5)6)20-13-17(3)15-22(28)24(20)26(7,8)9;7-5-3-1-2-4-6-8/h12-15,18,27-28H,10-11H2,1-9H3;7-8H,1-6H2. The number of hydrogen-bond acceptors (Lipinski definition) is 4. The van der Waals surface area contributed by atoms with Crippen LogP contribution in [0.2, 0.25) is 0 Å². The van der Waals surface area contributed by atoms with E-state index in [1.807, 2.05) is 26.0 Å². The Morgan fingerprint density at radius 1 is 0.639 bits per heavy atom. The summed E-state index contributed by atoms with van der Waals surface area (Å²) in [5, 5.41) is 38.3. The van der Waals surface area contributed by atoms with Gasteiger partial charge in [-0.1, -0.05) is 79.9 Å². The molecule has 0 saturated heterocycles. The van der Waals surface area contributed by atoms with Gasteiger partial charge >= 0.3 is 0 Å². The Hall–Kier alpha value is -2.04. The smallest absolute Gasteiger partial charge is 0.119 e. The number of aromatic hydroxyl groups is 2. The molecule has 0 atom stereocenters. The summed E-state index contributed by atoms with van der Waals surface area (Å²) < 4.78 is 0. The minimum absolute atomic E-state index is 0.130. The minimum Gasteiger partial charge on any atom is -0.508 e. The Kier molecular flexibility index (Phi) is 12.5. The number of aliphatic hydroxyl groups is 2. The molecule has 0 radical (unpaired) electrons. The van der Waals surface area contributed by atoms with Crippen molar-refractivity contribution in [3.05, 3.63) is 57.6 Å². The molecule has 4 N–H and O–H groups in total. The van der Waals surface area contributed by atoms with Crippen LogP contribution in [-0.2, 0) is 10.8 Å². The average Bonchev–Trinajstić information content (AvgIpc) is 2.72. The molecule has 0 aliphatic heterocycles. The van der Waals surface area contributed by atoms with E-state index >= 15 is 0 Å². The quantitative estimate of drug-likeness (QED) is 0.265. The van der Waals surface area contributed by atoms with Crippen LogP contribution in [0, 0.1) is 13.8 Å². The van der Waals surface area contributed by atoms with Crippen LogP contribution in [-0.4, -0.2) is 33.6 Å². The van der Waals surface area contributed by atoms with E-state index in [4.69, 9.17) is 10.2 Å². The van der Waals surface area contributed by atoms with Gasteiger partial charge in [-0.3, -0.25) is 0 Å². The second-order valence-electron chi connectivity index (χ2n) is 12.2. The van der Waals surface area contributed by atoms with E-state index in [0.29, 0.717) is 11.5 Å². The maximum atomic E-state index is 10.9. The third kappa shape index (κ3) is 9.12. The zero-order chi connectivity index (χ0) is 27.7. The SMILES string of the molecule is CCCC(c1cc(C)cc(O)c1C(C)(C)C)c1cc(C)cc(O)c1C(C)(C)C.OCCCCCCO. The Balaban J connectivity index is 0.000000697. The molecule has 0 fully saturated rings. The molecular weight excluding hydrogens is 448 g/mol. The van der Waals surface area contributed by atoms with Crippen molar-refractivity contribution >= 4 is 0 Å². The molecule has 204 valence electrons. The van der Waals surface area contributed by atoms with Gasteiger partial charge in [0.05, 0.1) is 0 Å². The van der Waals surface area contributed by atoms with Gasteiger partial charge in [0.25, 0.3) is 0 Å². The molecule has 4 nitrogen and oxygen atoms in total. The highest BCUT2D eigenvalue weighted by Crippen LogP contribution is 2.46. The Morgan fingerprint density at radius 2 is 1.00 bits per heavy atom. The maximum Gasteiger partial charge on any atom is 0.119 e. The zero-order valence-electron chi connectivity index (χ0n) is 24.3. The maximum absolute atomic E-state index is 10.9. The summed E-state index contributed by atoms with van der Waals surface area (Å²) in [7, 11) is 0. The van der Waals surface area contributed by atoms with Crippen molar-refractivity contribution in [2.24, 2.45) is 0 Å². The van der Waals surface area contributed by atoms with Crippen LogP contribution >= 0.6 is 0 Å². The molecule has 0 heterocycles. The predicted octanol–water partition coefficient (Wildman–Crippen LogP) is 7.77. The molecule has 0 aliphatic carbocycles. The summed E-state index contributed by atoms with van der Waals surface area (Å²) in [5.41, 5.74) is 6.17. The Labute approximate surface area is 220 Å². The van der Waals surface area contributed by atoms with E-state index in [1.165, 1.54) is 11.1 Å². The van der Waals surface area contributed by atoms with Gasteiger partial charge in [-0.15, -0.1) is 0 Å². The second kappa shape index (κ2) is 14.0. The molecule has 0 unspecified atom stereocenters. The molecule has 0 aliphatic rings. The summed E-state index contributed by atoms with van der Waals surface area (Å²) in [5.74, 6) is 0.876. The number of benzene rings is 2. The number of unbranched alkanes of at least 4 members (excludes halogenated alkanes) is 3. The largest absolute Gasteiger partial charge is 0.508 e. The molecule has 0 spiro atoms. The van der Waals surface area contributed by atoms with Crippen LogP contribution in [0.3, 0.4) is 0 Å². The van der Waals surface area contributed by atoms with Crippen LogP contribution in [0.4, 0.5) is 0 Å². The van der Waals surface area contributed by atoms with E-state index in [9.17, 15) is 10.2 Å². The van der Waals surface area contributed by atoms with Crippen molar-refractivity contribution in [2.75, 3.05) is 13.2 Å². The van der Waals surface area contributed by atoms with E-state index < -0.39 is 0 Å². The van der Waals surface area contributed by atoms with Gasteiger partial charge < -0.3 is 20.4 Å². The fourth-order valence-electron chi connectivity index (χ4n) is 5.12. The first-order chi connectivity index (χ1) is 16.7. The predicted molar refractivity (Wildman–Crippen MR) is 152 cm³/mol. The number of aryl methyl sites for hydroxylation is 2. The summed E-state index contributed by atoms with van der Waals surface area (Å²) in [6.07, 6.45) is 5.83. The summed E-state index contributed by atoms with van der Waals surface area (Å²) >= 11 is 0. The lowest BCUT2D eigenvalue weighted by atomic mass is 9.72. The van der Waals surface area contributed by atoms with Crippen molar-refractivity contribution < 1.29 is 20.4 Å². The Bertz CT molecular complexity index is 873. The fourth-order valence-corrected chi connectivity index (χ4v) is 5.12. The zero-order valence-corrected chi connectivity index (χ0v) is 24.3. The van der Waals surface area contributed by atoms with Gasteiger partial charge in [-0.2, -0.15) is 0 Å². The number of hydrogen-bond donors (Lipinski definition) is 4. The lowest BCUT2D eigenvalue weighted by molar-refractivity contribution is 0.265. The van der Waals surface area contributed by atoms with E-state index in [2.05, 4.69) is 60.6 Å². The van der Waals surface area contributed by atoms with Crippen LogP contribution in [0.15, 0.2) is 24.3 Å². The molecule has 2 aromatic rings. The molecule has 0 saturated carbocycles. The normalized spacial score (nSPS) is 12.0. The summed E-state index contributed by atoms with van der Waals surface area (Å²) in [6, 6.07) is 8.19. The molecular formula is C32H52O4. The first-order valence-electron chi connectivity index (χ1n) is 13.6. The molecule has 2 rings (SSSR count). The summed E-state index contributed by atoms with van der Waals surface area (Å²) in [4.78, 5) is 0. The van der Waals surface area contributed by atoms with Gasteiger partial charge in [0.2, 0.25) is 0 Å². The second-order valence-corrected chi connectivity index (χ2v) is 12.2. The van der Waals surface area contributed by atoms with Gasteiger partial charge in [0.1, 0.15) is 11.5 Å². The van der Waals surface area contributed by atoms with Crippen molar-refractivity contribution in [1.29, 1.82) is 0 Å². The van der Waals surface area contributed by atoms with Gasteiger partial charge in [0, 0.05) is 30.3 Å². The average molecular weight is 501 g/mol. The van der Waals surface area contributed by atoms with Crippen LogP contribution < -0.4 is 0 Å². The lowest BCUT2D eigenvalue weighted by Gasteiger charge is -2.33. The van der Waals surface area contributed by atoms with Crippen molar-refractivity contribution in [1.82, 2.24) is 0 Å². The first kappa shape index (κ1) is 32.0. The van der Waals surface area contributed by atoms with Gasteiger partial charge in [0.15, 0.2) is 0 Å². The molecule has 2 aromatic carbocycles. The molecule has 0 aromatic heterocycles. The van der Waals surface area contributed by atoms with Crippen molar-refractivity contribution in [3.63, 3.8) is 0 Å².